The van der Waals surface area contributed by atoms with Crippen LogP contribution < -0.4 is 5.73 Å². The molecular weight excluding hydrogens is 421 g/mol. The van der Waals surface area contributed by atoms with E-state index in [1.165, 1.54) is 12.1 Å². The van der Waals surface area contributed by atoms with E-state index in [2.05, 4.69) is 4.98 Å². The Morgan fingerprint density at radius 3 is 2.45 bits per heavy atom. The molecule has 0 saturated carbocycles. The molecule has 1 aromatic heterocycles. The van der Waals surface area contributed by atoms with Crippen molar-refractivity contribution < 1.29 is 19.1 Å². The van der Waals surface area contributed by atoms with Crippen molar-refractivity contribution in [2.75, 3.05) is 13.1 Å². The summed E-state index contributed by atoms with van der Waals surface area (Å²) in [5.74, 6) is -1.49. The average Bonchev–Trinajstić information content (AvgIpc) is 2.77. The van der Waals surface area contributed by atoms with Crippen molar-refractivity contribution in [2.45, 2.75) is 24.9 Å². The Balaban J connectivity index is 1.51. The summed E-state index contributed by atoms with van der Waals surface area (Å²) in [6.45, 7) is 0.824. The highest BCUT2D eigenvalue weighted by atomic mass is 35.5. The predicted molar refractivity (Wildman–Crippen MR) is 115 cm³/mol. The zero-order valence-corrected chi connectivity index (χ0v) is 17.3. The predicted octanol–water partition coefficient (Wildman–Crippen LogP) is 3.57. The quantitative estimate of drug-likeness (QED) is 0.646. The number of hydrogen-bond donors (Lipinski definition) is 2. The molecule has 3 aromatic rings. The molecule has 0 spiro atoms. The number of aliphatic hydroxyl groups excluding tert-OH is 1. The lowest BCUT2D eigenvalue weighted by Crippen LogP contribution is -2.41. The zero-order chi connectivity index (χ0) is 22.1. The number of likely N-dealkylation sites (tertiary alicyclic amines) is 1. The molecule has 1 fully saturated rings. The Kier molecular flexibility index (Phi) is 5.89. The van der Waals surface area contributed by atoms with E-state index in [1.54, 1.807) is 41.3 Å². The van der Waals surface area contributed by atoms with Gasteiger partial charge in [0.2, 0.25) is 0 Å². The van der Waals surface area contributed by atoms with Crippen molar-refractivity contribution in [3.8, 4) is 0 Å². The van der Waals surface area contributed by atoms with Crippen LogP contribution in [0.5, 0.6) is 0 Å². The molecule has 1 atom stereocenters. The number of halogens is 2. The minimum absolute atomic E-state index is 0.0753. The first-order valence-electron chi connectivity index (χ1n) is 9.96. The highest BCUT2D eigenvalue weighted by Gasteiger charge is 2.30. The van der Waals surface area contributed by atoms with Crippen molar-refractivity contribution in [3.05, 3.63) is 76.2 Å². The van der Waals surface area contributed by atoms with Crippen molar-refractivity contribution >= 4 is 34.3 Å². The van der Waals surface area contributed by atoms with Gasteiger partial charge in [0.05, 0.1) is 16.8 Å². The maximum absolute atomic E-state index is 13.5. The topological polar surface area (TPSA) is 96.5 Å². The molecular formula is C23H21ClFN3O3. The van der Waals surface area contributed by atoms with Gasteiger partial charge in [-0.3, -0.25) is 14.6 Å². The Morgan fingerprint density at radius 1 is 1.13 bits per heavy atom. The van der Waals surface area contributed by atoms with E-state index in [0.29, 0.717) is 53.1 Å². The number of aliphatic hydroxyl groups is 1. The number of fused-ring (bicyclic) bond motifs is 1. The van der Waals surface area contributed by atoms with Gasteiger partial charge in [-0.1, -0.05) is 23.7 Å². The molecule has 0 radical (unpaired) electrons. The van der Waals surface area contributed by atoms with E-state index in [9.17, 15) is 19.1 Å². The minimum Gasteiger partial charge on any atom is -0.378 e. The molecule has 2 heterocycles. The number of primary amides is 1. The lowest BCUT2D eigenvalue weighted by molar-refractivity contribution is -0.141. The van der Waals surface area contributed by atoms with Crippen LogP contribution in [-0.4, -0.2) is 39.9 Å². The van der Waals surface area contributed by atoms with Gasteiger partial charge in [0.15, 0.2) is 6.10 Å². The molecule has 0 aliphatic carbocycles. The van der Waals surface area contributed by atoms with Crippen LogP contribution in [0.3, 0.4) is 0 Å². The number of benzene rings is 2. The van der Waals surface area contributed by atoms with Crippen LogP contribution >= 0.6 is 11.6 Å². The van der Waals surface area contributed by atoms with E-state index in [-0.39, 0.29) is 17.4 Å². The number of amides is 2. The number of piperidine rings is 1. The van der Waals surface area contributed by atoms with Crippen molar-refractivity contribution in [1.82, 2.24) is 9.88 Å². The van der Waals surface area contributed by atoms with Gasteiger partial charge in [-0.05, 0) is 54.8 Å². The van der Waals surface area contributed by atoms with E-state index in [1.807, 2.05) is 0 Å². The third-order valence-corrected chi connectivity index (χ3v) is 5.94. The van der Waals surface area contributed by atoms with Crippen molar-refractivity contribution in [3.63, 3.8) is 0 Å². The van der Waals surface area contributed by atoms with Crippen molar-refractivity contribution in [1.29, 1.82) is 0 Å². The third-order valence-electron chi connectivity index (χ3n) is 5.68. The van der Waals surface area contributed by atoms with Gasteiger partial charge >= 0.3 is 0 Å². The zero-order valence-electron chi connectivity index (χ0n) is 16.6. The number of nitrogens with two attached hydrogens (primary N) is 1. The van der Waals surface area contributed by atoms with Gasteiger partial charge < -0.3 is 15.7 Å². The van der Waals surface area contributed by atoms with E-state index >= 15 is 0 Å². The smallest absolute Gasteiger partial charge is 0.256 e. The molecule has 1 unspecified atom stereocenters. The maximum Gasteiger partial charge on any atom is 0.256 e. The Bertz CT molecular complexity index is 1140. The molecule has 1 aliphatic heterocycles. The third kappa shape index (κ3) is 4.38. The standard InChI is InChI=1S/C23H21ClFN3O3/c24-16-3-1-14(2-4-16)21(29)23(31)28-9-7-13(8-10-28)20-18(22(26)30)12-15-11-17(25)5-6-19(15)27-20/h1-6,11-13,21,29H,7-10H2,(H2,26,30). The largest absolute Gasteiger partial charge is 0.378 e. The first kappa shape index (κ1) is 21.2. The van der Waals surface area contributed by atoms with Gasteiger partial charge in [-0.25, -0.2) is 4.39 Å². The van der Waals surface area contributed by atoms with Crippen LogP contribution in [0.1, 0.15) is 46.5 Å². The molecule has 6 nitrogen and oxygen atoms in total. The van der Waals surface area contributed by atoms with Crippen LogP contribution in [0.25, 0.3) is 10.9 Å². The minimum atomic E-state index is -1.26. The van der Waals surface area contributed by atoms with Gasteiger partial charge in [0.1, 0.15) is 5.82 Å². The van der Waals surface area contributed by atoms with Crippen LogP contribution in [0.15, 0.2) is 48.5 Å². The average molecular weight is 442 g/mol. The summed E-state index contributed by atoms with van der Waals surface area (Å²) in [6, 6.07) is 12.3. The number of hydrogen-bond acceptors (Lipinski definition) is 4. The van der Waals surface area contributed by atoms with Crippen LogP contribution in [0, 0.1) is 5.82 Å². The summed E-state index contributed by atoms with van der Waals surface area (Å²) in [5, 5.41) is 11.5. The Morgan fingerprint density at radius 2 is 1.81 bits per heavy atom. The maximum atomic E-state index is 13.5. The fourth-order valence-corrected chi connectivity index (χ4v) is 4.13. The van der Waals surface area contributed by atoms with Crippen LogP contribution in [0.2, 0.25) is 5.02 Å². The molecule has 8 heteroatoms. The van der Waals surface area contributed by atoms with Gasteiger partial charge in [-0.15, -0.1) is 0 Å². The van der Waals surface area contributed by atoms with Crippen molar-refractivity contribution in [2.24, 2.45) is 5.73 Å². The fourth-order valence-electron chi connectivity index (χ4n) is 4.00. The molecule has 2 aromatic carbocycles. The number of carbonyl (C=O) groups is 2. The van der Waals surface area contributed by atoms with Crippen LogP contribution in [0.4, 0.5) is 4.39 Å². The molecule has 1 saturated heterocycles. The second-order valence-corrected chi connectivity index (χ2v) is 8.11. The van der Waals surface area contributed by atoms with Gasteiger partial charge in [0.25, 0.3) is 11.8 Å². The molecule has 3 N–H and O–H groups in total. The Labute approximate surface area is 183 Å². The van der Waals surface area contributed by atoms with E-state index in [0.717, 1.165) is 0 Å². The first-order chi connectivity index (χ1) is 14.8. The molecule has 31 heavy (non-hydrogen) atoms. The monoisotopic (exact) mass is 441 g/mol. The van der Waals surface area contributed by atoms with E-state index in [4.69, 9.17) is 17.3 Å². The summed E-state index contributed by atoms with van der Waals surface area (Å²) >= 11 is 5.86. The summed E-state index contributed by atoms with van der Waals surface area (Å²) < 4.78 is 13.5. The number of pyridine rings is 1. The number of nitrogens with zero attached hydrogens (tertiary/aromatic N) is 2. The second kappa shape index (κ2) is 8.61. The summed E-state index contributed by atoms with van der Waals surface area (Å²) in [6.07, 6.45) is -0.123. The summed E-state index contributed by atoms with van der Waals surface area (Å²) in [7, 11) is 0. The first-order valence-corrected chi connectivity index (χ1v) is 10.3. The highest BCUT2D eigenvalue weighted by molar-refractivity contribution is 6.30. The lowest BCUT2D eigenvalue weighted by Gasteiger charge is -2.33. The second-order valence-electron chi connectivity index (χ2n) is 7.68. The molecule has 0 bridgehead atoms. The van der Waals surface area contributed by atoms with Gasteiger partial charge in [0, 0.05) is 29.4 Å². The molecule has 2 amide bonds. The molecule has 1 aliphatic rings. The number of aromatic nitrogens is 1. The van der Waals surface area contributed by atoms with E-state index < -0.39 is 17.8 Å². The summed E-state index contributed by atoms with van der Waals surface area (Å²) in [4.78, 5) is 30.9. The number of carbonyl (C=O) groups excluding carboxylic acids is 2. The molecule has 160 valence electrons. The number of rotatable bonds is 4. The SMILES string of the molecule is NC(=O)c1cc2cc(F)ccc2nc1C1CCN(C(=O)C(O)c2ccc(Cl)cc2)CC1. The Hall–Kier alpha value is -3.03. The van der Waals surface area contributed by atoms with Gasteiger partial charge in [-0.2, -0.15) is 0 Å². The fraction of sp³-hybridized carbons (Fsp3) is 0.261. The highest BCUT2D eigenvalue weighted by Crippen LogP contribution is 2.32. The molecule has 4 rings (SSSR count). The normalized spacial score (nSPS) is 15.8. The van der Waals surface area contributed by atoms with Crippen LogP contribution in [-0.2, 0) is 4.79 Å². The lowest BCUT2D eigenvalue weighted by atomic mass is 9.89. The summed E-state index contributed by atoms with van der Waals surface area (Å²) in [5.41, 5.74) is 7.46.